The van der Waals surface area contributed by atoms with Crippen molar-refractivity contribution >= 4 is 0 Å². The number of nitrogens with one attached hydrogen (secondary N) is 1. The molecule has 2 heteroatoms. The van der Waals surface area contributed by atoms with Crippen LogP contribution in [-0.2, 0) is 0 Å². The van der Waals surface area contributed by atoms with Gasteiger partial charge in [-0.1, -0.05) is 43.2 Å². The molecule has 0 saturated carbocycles. The summed E-state index contributed by atoms with van der Waals surface area (Å²) < 4.78 is 0. The van der Waals surface area contributed by atoms with Crippen molar-refractivity contribution in [3.05, 3.63) is 35.4 Å². The quantitative estimate of drug-likeness (QED) is 0.774. The standard InChI is InChI=1S/C14H23NO/c1-4-5-12(3)15-10-14(16)13-8-6-11(2)7-9-13/h6-9,12,14-16H,4-5,10H2,1-3H3. The molecule has 0 aliphatic rings. The van der Waals surface area contributed by atoms with E-state index in [1.807, 2.05) is 24.3 Å². The Bertz CT molecular complexity index is 294. The van der Waals surface area contributed by atoms with Crippen LogP contribution in [0, 0.1) is 6.92 Å². The summed E-state index contributed by atoms with van der Waals surface area (Å²) in [6, 6.07) is 8.53. The third-order valence-corrected chi connectivity index (χ3v) is 2.84. The highest BCUT2D eigenvalue weighted by Crippen LogP contribution is 2.13. The van der Waals surface area contributed by atoms with Gasteiger partial charge in [0.05, 0.1) is 6.10 Å². The maximum atomic E-state index is 9.97. The lowest BCUT2D eigenvalue weighted by Gasteiger charge is -2.17. The summed E-state index contributed by atoms with van der Waals surface area (Å²) in [5.74, 6) is 0. The molecular weight excluding hydrogens is 198 g/mol. The average Bonchev–Trinajstić information content (AvgIpc) is 2.27. The predicted molar refractivity (Wildman–Crippen MR) is 68.5 cm³/mol. The highest BCUT2D eigenvalue weighted by atomic mass is 16.3. The molecule has 0 heterocycles. The van der Waals surface area contributed by atoms with Crippen molar-refractivity contribution < 1.29 is 5.11 Å². The first kappa shape index (κ1) is 13.2. The first-order chi connectivity index (χ1) is 7.63. The molecule has 0 radical (unpaired) electrons. The third-order valence-electron chi connectivity index (χ3n) is 2.84. The molecule has 2 nitrogen and oxygen atoms in total. The van der Waals surface area contributed by atoms with Crippen LogP contribution in [0.5, 0.6) is 0 Å². The molecule has 0 aliphatic carbocycles. The zero-order valence-electron chi connectivity index (χ0n) is 10.5. The first-order valence-corrected chi connectivity index (χ1v) is 6.11. The van der Waals surface area contributed by atoms with Crippen molar-refractivity contribution in [1.29, 1.82) is 0 Å². The van der Waals surface area contributed by atoms with E-state index < -0.39 is 6.10 Å². The van der Waals surface area contributed by atoms with Crippen molar-refractivity contribution in [3.8, 4) is 0 Å². The van der Waals surface area contributed by atoms with Gasteiger partial charge in [0.1, 0.15) is 0 Å². The lowest BCUT2D eigenvalue weighted by molar-refractivity contribution is 0.170. The molecule has 0 amide bonds. The lowest BCUT2D eigenvalue weighted by Crippen LogP contribution is -2.30. The third kappa shape index (κ3) is 4.33. The summed E-state index contributed by atoms with van der Waals surface area (Å²) in [5, 5.41) is 13.3. The topological polar surface area (TPSA) is 32.3 Å². The van der Waals surface area contributed by atoms with Crippen molar-refractivity contribution in [3.63, 3.8) is 0 Å². The largest absolute Gasteiger partial charge is 0.387 e. The van der Waals surface area contributed by atoms with Crippen LogP contribution in [0.15, 0.2) is 24.3 Å². The molecule has 2 N–H and O–H groups in total. The van der Waals surface area contributed by atoms with Crippen molar-refractivity contribution in [1.82, 2.24) is 5.32 Å². The van der Waals surface area contributed by atoms with Crippen LogP contribution in [0.3, 0.4) is 0 Å². The average molecular weight is 221 g/mol. The SMILES string of the molecule is CCCC(C)NCC(O)c1ccc(C)cc1. The Morgan fingerprint density at radius 2 is 1.88 bits per heavy atom. The maximum absolute atomic E-state index is 9.97. The number of aliphatic hydroxyl groups excluding tert-OH is 1. The fourth-order valence-corrected chi connectivity index (χ4v) is 1.75. The van der Waals surface area contributed by atoms with Gasteiger partial charge in [0.15, 0.2) is 0 Å². The molecule has 2 unspecified atom stereocenters. The normalized spacial score (nSPS) is 14.8. The van der Waals surface area contributed by atoms with Crippen LogP contribution in [0.4, 0.5) is 0 Å². The Hall–Kier alpha value is -0.860. The Labute approximate surface area is 98.7 Å². The van der Waals surface area contributed by atoms with Crippen LogP contribution in [-0.4, -0.2) is 17.7 Å². The van der Waals surface area contributed by atoms with Crippen LogP contribution in [0.25, 0.3) is 0 Å². The minimum Gasteiger partial charge on any atom is -0.387 e. The minimum absolute atomic E-state index is 0.403. The van der Waals surface area contributed by atoms with Gasteiger partial charge in [-0.25, -0.2) is 0 Å². The molecule has 0 spiro atoms. The van der Waals surface area contributed by atoms with Crippen molar-refractivity contribution in [2.75, 3.05) is 6.54 Å². The summed E-state index contributed by atoms with van der Waals surface area (Å²) in [6.07, 6.45) is 1.93. The van der Waals surface area contributed by atoms with Gasteiger partial charge in [-0.15, -0.1) is 0 Å². The summed E-state index contributed by atoms with van der Waals surface area (Å²) in [6.45, 7) is 7.02. The first-order valence-electron chi connectivity index (χ1n) is 6.11. The summed E-state index contributed by atoms with van der Waals surface area (Å²) in [5.41, 5.74) is 2.21. The maximum Gasteiger partial charge on any atom is 0.0914 e. The van der Waals surface area contributed by atoms with Gasteiger partial charge in [-0.3, -0.25) is 0 Å². The van der Waals surface area contributed by atoms with Gasteiger partial charge in [0, 0.05) is 12.6 Å². The van der Waals surface area contributed by atoms with Gasteiger partial charge in [0.2, 0.25) is 0 Å². The monoisotopic (exact) mass is 221 g/mol. The molecule has 0 aliphatic heterocycles. The van der Waals surface area contributed by atoms with E-state index in [1.165, 1.54) is 12.0 Å². The number of benzene rings is 1. The van der Waals surface area contributed by atoms with Crippen LogP contribution >= 0.6 is 0 Å². The zero-order valence-corrected chi connectivity index (χ0v) is 10.5. The molecule has 0 saturated heterocycles. The minimum atomic E-state index is -0.403. The van der Waals surface area contributed by atoms with Crippen molar-refractivity contribution in [2.45, 2.75) is 45.8 Å². The molecule has 1 rings (SSSR count). The van der Waals surface area contributed by atoms with E-state index in [0.29, 0.717) is 12.6 Å². The predicted octanol–water partition coefficient (Wildman–Crippen LogP) is 2.81. The molecular formula is C14H23NO. The second kappa shape index (κ2) is 6.66. The zero-order chi connectivity index (χ0) is 12.0. The molecule has 1 aromatic carbocycles. The van der Waals surface area contributed by atoms with Gasteiger partial charge < -0.3 is 10.4 Å². The Kier molecular flexibility index (Phi) is 5.50. The summed E-state index contributed by atoms with van der Waals surface area (Å²) >= 11 is 0. The molecule has 2 atom stereocenters. The lowest BCUT2D eigenvalue weighted by atomic mass is 10.1. The highest BCUT2D eigenvalue weighted by molar-refractivity contribution is 5.23. The molecule has 90 valence electrons. The van der Waals surface area contributed by atoms with E-state index in [2.05, 4.69) is 26.1 Å². The van der Waals surface area contributed by atoms with E-state index in [4.69, 9.17) is 0 Å². The second-order valence-corrected chi connectivity index (χ2v) is 4.52. The molecule has 0 fully saturated rings. The number of aliphatic hydroxyl groups is 1. The van der Waals surface area contributed by atoms with Crippen molar-refractivity contribution in [2.24, 2.45) is 0 Å². The van der Waals surface area contributed by atoms with E-state index >= 15 is 0 Å². The molecule has 1 aromatic rings. The summed E-state index contributed by atoms with van der Waals surface area (Å²) in [4.78, 5) is 0. The second-order valence-electron chi connectivity index (χ2n) is 4.52. The van der Waals surface area contributed by atoms with Crippen LogP contribution in [0.1, 0.15) is 43.9 Å². The number of rotatable bonds is 6. The van der Waals surface area contributed by atoms with Gasteiger partial charge >= 0.3 is 0 Å². The van der Waals surface area contributed by atoms with Gasteiger partial charge in [-0.2, -0.15) is 0 Å². The van der Waals surface area contributed by atoms with Crippen LogP contribution in [0.2, 0.25) is 0 Å². The highest BCUT2D eigenvalue weighted by Gasteiger charge is 2.08. The Balaban J connectivity index is 2.40. The molecule has 0 aromatic heterocycles. The summed E-state index contributed by atoms with van der Waals surface area (Å²) in [7, 11) is 0. The Morgan fingerprint density at radius 3 is 2.44 bits per heavy atom. The van der Waals surface area contributed by atoms with E-state index in [9.17, 15) is 5.11 Å². The van der Waals surface area contributed by atoms with Gasteiger partial charge in [0.25, 0.3) is 0 Å². The number of hydrogen-bond acceptors (Lipinski definition) is 2. The van der Waals surface area contributed by atoms with E-state index in [-0.39, 0.29) is 0 Å². The van der Waals surface area contributed by atoms with Crippen LogP contribution < -0.4 is 5.32 Å². The fraction of sp³-hybridized carbons (Fsp3) is 0.571. The number of hydrogen-bond donors (Lipinski definition) is 2. The number of aryl methyl sites for hydroxylation is 1. The van der Waals surface area contributed by atoms with Gasteiger partial charge in [-0.05, 0) is 25.8 Å². The molecule has 0 bridgehead atoms. The van der Waals surface area contributed by atoms with E-state index in [0.717, 1.165) is 12.0 Å². The smallest absolute Gasteiger partial charge is 0.0914 e. The Morgan fingerprint density at radius 1 is 1.25 bits per heavy atom. The fourth-order valence-electron chi connectivity index (χ4n) is 1.75. The molecule has 16 heavy (non-hydrogen) atoms. The van der Waals surface area contributed by atoms with E-state index in [1.54, 1.807) is 0 Å².